The summed E-state index contributed by atoms with van der Waals surface area (Å²) in [4.78, 5) is 4.00. The number of nitrogens with one attached hydrogen (secondary N) is 2. The molecule has 11 heteroatoms. The number of hydrogen-bond acceptors (Lipinski definition) is 4. The average molecular weight is 545 g/mol. The first-order chi connectivity index (χ1) is 11.3. The minimum atomic E-state index is -3.01. The van der Waals surface area contributed by atoms with Gasteiger partial charge in [0.25, 0.3) is 0 Å². The van der Waals surface area contributed by atoms with Crippen molar-refractivity contribution in [3.05, 3.63) is 27.2 Å². The van der Waals surface area contributed by atoms with Gasteiger partial charge in [-0.1, -0.05) is 41.7 Å². The van der Waals surface area contributed by atoms with Crippen molar-refractivity contribution in [2.24, 2.45) is 4.99 Å². The summed E-state index contributed by atoms with van der Waals surface area (Å²) in [5, 5.41) is 7.02. The Morgan fingerprint density at radius 2 is 1.72 bits per heavy atom. The van der Waals surface area contributed by atoms with E-state index < -0.39 is 9.84 Å². The molecule has 2 N–H and O–H groups in total. The van der Waals surface area contributed by atoms with E-state index in [2.05, 4.69) is 15.6 Å². The van der Waals surface area contributed by atoms with E-state index in [0.717, 1.165) is 0 Å². The van der Waals surface area contributed by atoms with Crippen molar-refractivity contribution in [3.63, 3.8) is 0 Å². The maximum atomic E-state index is 11.4. The van der Waals surface area contributed by atoms with Gasteiger partial charge in [0.2, 0.25) is 0 Å². The minimum absolute atomic E-state index is 0. The van der Waals surface area contributed by atoms with Crippen molar-refractivity contribution >= 4 is 74.6 Å². The van der Waals surface area contributed by atoms with Gasteiger partial charge in [-0.3, -0.25) is 4.99 Å². The molecule has 1 rings (SSSR count). The number of nitrogens with zero attached hydrogens (tertiary/aromatic N) is 1. The van der Waals surface area contributed by atoms with E-state index in [0.29, 0.717) is 33.3 Å². The fourth-order valence-corrected chi connectivity index (χ4v) is 3.31. The van der Waals surface area contributed by atoms with E-state index in [4.69, 9.17) is 39.5 Å². The molecule has 0 spiro atoms. The molecule has 0 aliphatic heterocycles. The van der Waals surface area contributed by atoms with Crippen LogP contribution in [0, 0.1) is 0 Å². The van der Waals surface area contributed by atoms with Crippen LogP contribution in [0.1, 0.15) is 6.92 Å². The molecule has 0 aromatic heterocycles. The van der Waals surface area contributed by atoms with E-state index in [9.17, 15) is 8.42 Å². The smallest absolute Gasteiger partial charge is 0.191 e. The van der Waals surface area contributed by atoms with Crippen LogP contribution in [0.4, 0.5) is 0 Å². The molecule has 0 radical (unpaired) electrons. The highest BCUT2D eigenvalue weighted by Crippen LogP contribution is 2.35. The second kappa shape index (κ2) is 12.3. The molecule has 1 aromatic rings. The largest absolute Gasteiger partial charge is 0.489 e. The van der Waals surface area contributed by atoms with Crippen LogP contribution in [0.25, 0.3) is 0 Å². The Kier molecular flexibility index (Phi) is 12.2. The molecule has 1 aromatic carbocycles. The van der Waals surface area contributed by atoms with Crippen molar-refractivity contribution in [1.82, 2.24) is 10.6 Å². The van der Waals surface area contributed by atoms with E-state index >= 15 is 0 Å². The molecular weight excluding hydrogens is 524 g/mol. The van der Waals surface area contributed by atoms with Crippen molar-refractivity contribution in [1.29, 1.82) is 0 Å². The summed E-state index contributed by atoms with van der Waals surface area (Å²) < 4.78 is 28.4. The molecular formula is C14H21Cl3IN3O3S. The summed E-state index contributed by atoms with van der Waals surface area (Å²) >= 11 is 17.9. The minimum Gasteiger partial charge on any atom is -0.489 e. The van der Waals surface area contributed by atoms with Crippen LogP contribution < -0.4 is 15.4 Å². The van der Waals surface area contributed by atoms with E-state index in [1.54, 1.807) is 26.1 Å². The Labute approximate surface area is 180 Å². The van der Waals surface area contributed by atoms with Gasteiger partial charge < -0.3 is 15.4 Å². The number of hydrogen-bond donors (Lipinski definition) is 2. The van der Waals surface area contributed by atoms with Crippen LogP contribution in [0.15, 0.2) is 17.1 Å². The Balaban J connectivity index is 0.00000576. The van der Waals surface area contributed by atoms with Gasteiger partial charge in [0.1, 0.15) is 6.61 Å². The first-order valence-electron chi connectivity index (χ1n) is 7.21. The second-order valence-corrected chi connectivity index (χ2v) is 8.43. The van der Waals surface area contributed by atoms with Gasteiger partial charge in [0.05, 0.1) is 22.3 Å². The summed E-state index contributed by atoms with van der Waals surface area (Å²) in [6, 6.07) is 3.10. The standard InChI is InChI=1S/C14H20Cl3N3O3S.HI/c1-3-24(21,22)7-5-20-14(18-2)19-4-6-23-13-11(16)8-10(15)9-12(13)17;/h8-9H,3-7H2,1-2H3,(H2,18,19,20);1H. The van der Waals surface area contributed by atoms with Crippen LogP contribution in [0.3, 0.4) is 0 Å². The van der Waals surface area contributed by atoms with Crippen LogP contribution in [-0.4, -0.2) is 52.6 Å². The third kappa shape index (κ3) is 9.37. The Bertz CT molecular complexity index is 664. The number of halogens is 4. The zero-order valence-corrected chi connectivity index (χ0v) is 19.2. The molecule has 0 fully saturated rings. The highest BCUT2D eigenvalue weighted by atomic mass is 127. The lowest BCUT2D eigenvalue weighted by Gasteiger charge is -2.13. The normalized spacial score (nSPS) is 11.6. The average Bonchev–Trinajstić information content (AvgIpc) is 2.51. The monoisotopic (exact) mass is 543 g/mol. The second-order valence-electron chi connectivity index (χ2n) is 4.71. The summed E-state index contributed by atoms with van der Waals surface area (Å²) in [5.41, 5.74) is 0. The SMILES string of the molecule is CCS(=O)(=O)CCNC(=NC)NCCOc1c(Cl)cc(Cl)cc1Cl.I. The molecule has 144 valence electrons. The molecule has 0 heterocycles. The summed E-state index contributed by atoms with van der Waals surface area (Å²) in [5.74, 6) is 1.02. The fourth-order valence-electron chi connectivity index (χ4n) is 1.68. The summed E-state index contributed by atoms with van der Waals surface area (Å²) in [7, 11) is -1.41. The lowest BCUT2D eigenvalue weighted by atomic mass is 10.3. The molecule has 0 saturated heterocycles. The molecule has 0 unspecified atom stereocenters. The lowest BCUT2D eigenvalue weighted by molar-refractivity contribution is 0.322. The summed E-state index contributed by atoms with van der Waals surface area (Å²) in [6.45, 7) is 2.61. The van der Waals surface area contributed by atoms with Gasteiger partial charge in [-0.15, -0.1) is 24.0 Å². The predicted octanol–water partition coefficient (Wildman–Crippen LogP) is 3.24. The van der Waals surface area contributed by atoms with Gasteiger partial charge >= 0.3 is 0 Å². The number of sulfone groups is 1. The third-order valence-corrected chi connectivity index (χ3v) is 5.46. The third-order valence-electron chi connectivity index (χ3n) is 2.97. The zero-order valence-electron chi connectivity index (χ0n) is 13.8. The molecule has 0 amide bonds. The molecule has 0 saturated carbocycles. The van der Waals surface area contributed by atoms with Crippen molar-refractivity contribution in [3.8, 4) is 5.75 Å². The zero-order chi connectivity index (χ0) is 18.2. The van der Waals surface area contributed by atoms with Crippen molar-refractivity contribution in [2.75, 3.05) is 38.2 Å². The molecule has 0 atom stereocenters. The van der Waals surface area contributed by atoms with Crippen LogP contribution in [0.5, 0.6) is 5.75 Å². The fraction of sp³-hybridized carbons (Fsp3) is 0.500. The lowest BCUT2D eigenvalue weighted by Crippen LogP contribution is -2.41. The Morgan fingerprint density at radius 3 is 2.24 bits per heavy atom. The Morgan fingerprint density at radius 1 is 1.16 bits per heavy atom. The van der Waals surface area contributed by atoms with Gasteiger partial charge in [0, 0.05) is 24.4 Å². The van der Waals surface area contributed by atoms with Crippen LogP contribution in [0.2, 0.25) is 15.1 Å². The highest BCUT2D eigenvalue weighted by Gasteiger charge is 2.10. The van der Waals surface area contributed by atoms with Gasteiger partial charge in [-0.05, 0) is 12.1 Å². The maximum absolute atomic E-state index is 11.4. The molecule has 25 heavy (non-hydrogen) atoms. The predicted molar refractivity (Wildman–Crippen MR) is 116 cm³/mol. The van der Waals surface area contributed by atoms with Gasteiger partial charge in [0.15, 0.2) is 21.5 Å². The van der Waals surface area contributed by atoms with E-state index in [1.165, 1.54) is 0 Å². The molecule has 0 bridgehead atoms. The molecule has 6 nitrogen and oxygen atoms in total. The number of guanidine groups is 1. The van der Waals surface area contributed by atoms with Crippen LogP contribution >= 0.6 is 58.8 Å². The van der Waals surface area contributed by atoms with E-state index in [1.807, 2.05) is 0 Å². The first kappa shape index (κ1) is 24.8. The summed E-state index contributed by atoms with van der Waals surface area (Å²) in [6.07, 6.45) is 0. The number of aliphatic imine (C=N–C) groups is 1. The Hall–Kier alpha value is -0.160. The highest BCUT2D eigenvalue weighted by molar-refractivity contribution is 14.0. The van der Waals surface area contributed by atoms with Crippen LogP contribution in [-0.2, 0) is 9.84 Å². The van der Waals surface area contributed by atoms with Gasteiger partial charge in [-0.25, -0.2) is 8.42 Å². The maximum Gasteiger partial charge on any atom is 0.191 e. The molecule has 0 aliphatic rings. The van der Waals surface area contributed by atoms with E-state index in [-0.39, 0.29) is 48.6 Å². The number of ether oxygens (including phenoxy) is 1. The number of rotatable bonds is 8. The topological polar surface area (TPSA) is 79.8 Å². The first-order valence-corrected chi connectivity index (χ1v) is 10.2. The molecule has 0 aliphatic carbocycles. The van der Waals surface area contributed by atoms with Gasteiger partial charge in [-0.2, -0.15) is 0 Å². The number of benzene rings is 1. The quantitative estimate of drug-likeness (QED) is 0.227. The van der Waals surface area contributed by atoms with Crippen molar-refractivity contribution < 1.29 is 13.2 Å². The van der Waals surface area contributed by atoms with Crippen molar-refractivity contribution in [2.45, 2.75) is 6.92 Å².